The van der Waals surface area contributed by atoms with Crippen molar-refractivity contribution in [2.24, 2.45) is 0 Å². The molecule has 0 bridgehead atoms. The first-order valence-electron chi connectivity index (χ1n) is 8.75. The van der Waals surface area contributed by atoms with Gasteiger partial charge in [0.05, 0.1) is 5.39 Å². The lowest BCUT2D eigenvalue weighted by molar-refractivity contribution is 0.876. The van der Waals surface area contributed by atoms with E-state index in [2.05, 4.69) is 83.9 Å². The van der Waals surface area contributed by atoms with Crippen molar-refractivity contribution in [3.05, 3.63) is 76.9 Å². The summed E-state index contributed by atoms with van der Waals surface area (Å²) in [5.41, 5.74) is 6.23. The summed E-state index contributed by atoms with van der Waals surface area (Å²) in [6.45, 7) is 6.45. The minimum atomic E-state index is 0.168. The van der Waals surface area contributed by atoms with Gasteiger partial charge in [-0.25, -0.2) is 9.97 Å². The first-order chi connectivity index (χ1) is 12.6. The molecule has 2 aromatic heterocycles. The van der Waals surface area contributed by atoms with Crippen LogP contribution in [0.5, 0.6) is 0 Å². The Morgan fingerprint density at radius 1 is 0.962 bits per heavy atom. The average Bonchev–Trinajstić information content (AvgIpc) is 3.07. The summed E-state index contributed by atoms with van der Waals surface area (Å²) in [5, 5.41) is 6.88. The van der Waals surface area contributed by atoms with E-state index >= 15 is 0 Å². The number of nitrogens with zero attached hydrogens (tertiary/aromatic N) is 2. The molecule has 2 aromatic carbocycles. The second-order valence-electron chi connectivity index (χ2n) is 6.65. The van der Waals surface area contributed by atoms with Crippen molar-refractivity contribution in [1.82, 2.24) is 9.97 Å². The van der Waals surface area contributed by atoms with Crippen LogP contribution < -0.4 is 5.32 Å². The van der Waals surface area contributed by atoms with Crippen molar-refractivity contribution in [3.63, 3.8) is 0 Å². The van der Waals surface area contributed by atoms with Crippen LogP contribution in [0, 0.1) is 13.8 Å². The first-order valence-corrected chi connectivity index (χ1v) is 9.63. The Morgan fingerprint density at radius 3 is 2.54 bits per heavy atom. The molecule has 0 spiro atoms. The molecular weight excluding hydrogens is 338 g/mol. The molecule has 0 radical (unpaired) electrons. The van der Waals surface area contributed by atoms with Gasteiger partial charge in [-0.2, -0.15) is 0 Å². The SMILES string of the molecule is Cc1ccc(-c2csc3ncnc(NC(C)c4ccccc4)c23)c(C)c1. The van der Waals surface area contributed by atoms with E-state index < -0.39 is 0 Å². The Balaban J connectivity index is 1.80. The maximum atomic E-state index is 4.56. The predicted octanol–water partition coefficient (Wildman–Crippen LogP) is 6.15. The molecule has 1 unspecified atom stereocenters. The highest BCUT2D eigenvalue weighted by Crippen LogP contribution is 2.38. The van der Waals surface area contributed by atoms with E-state index in [4.69, 9.17) is 0 Å². The van der Waals surface area contributed by atoms with E-state index in [1.807, 2.05) is 6.07 Å². The Bertz CT molecular complexity index is 1050. The zero-order valence-corrected chi connectivity index (χ0v) is 16.0. The van der Waals surface area contributed by atoms with Gasteiger partial charge in [0, 0.05) is 17.0 Å². The third-order valence-electron chi connectivity index (χ3n) is 4.70. The van der Waals surface area contributed by atoms with Gasteiger partial charge >= 0.3 is 0 Å². The lowest BCUT2D eigenvalue weighted by atomic mass is 9.99. The molecule has 0 amide bonds. The second kappa shape index (κ2) is 6.89. The highest BCUT2D eigenvalue weighted by Gasteiger charge is 2.16. The molecule has 3 nitrogen and oxygen atoms in total. The van der Waals surface area contributed by atoms with Gasteiger partial charge in [-0.15, -0.1) is 11.3 Å². The van der Waals surface area contributed by atoms with Crippen molar-refractivity contribution in [2.45, 2.75) is 26.8 Å². The van der Waals surface area contributed by atoms with Crippen LogP contribution in [0.3, 0.4) is 0 Å². The molecule has 4 aromatic rings. The minimum absolute atomic E-state index is 0.168. The number of aryl methyl sites for hydroxylation is 2. The van der Waals surface area contributed by atoms with Gasteiger partial charge in [0.1, 0.15) is 17.0 Å². The molecule has 4 heteroatoms. The molecule has 2 heterocycles. The summed E-state index contributed by atoms with van der Waals surface area (Å²) in [6.07, 6.45) is 1.64. The average molecular weight is 359 g/mol. The van der Waals surface area contributed by atoms with Gasteiger partial charge in [-0.3, -0.25) is 0 Å². The molecule has 1 atom stereocenters. The molecule has 0 aliphatic carbocycles. The van der Waals surface area contributed by atoms with Crippen LogP contribution in [0.15, 0.2) is 60.2 Å². The fraction of sp³-hybridized carbons (Fsp3) is 0.182. The summed E-state index contributed by atoms with van der Waals surface area (Å²) < 4.78 is 0. The number of fused-ring (bicyclic) bond motifs is 1. The van der Waals surface area contributed by atoms with Crippen molar-refractivity contribution in [3.8, 4) is 11.1 Å². The summed E-state index contributed by atoms with van der Waals surface area (Å²) >= 11 is 1.67. The van der Waals surface area contributed by atoms with Crippen molar-refractivity contribution in [2.75, 3.05) is 5.32 Å². The number of anilines is 1. The molecular formula is C22H21N3S. The topological polar surface area (TPSA) is 37.8 Å². The third kappa shape index (κ3) is 3.08. The van der Waals surface area contributed by atoms with Gasteiger partial charge in [-0.1, -0.05) is 54.1 Å². The van der Waals surface area contributed by atoms with Crippen molar-refractivity contribution in [1.29, 1.82) is 0 Å². The molecule has 0 aliphatic heterocycles. The van der Waals surface area contributed by atoms with E-state index in [1.54, 1.807) is 17.7 Å². The molecule has 26 heavy (non-hydrogen) atoms. The Morgan fingerprint density at radius 2 is 1.77 bits per heavy atom. The van der Waals surface area contributed by atoms with Crippen LogP contribution in [0.1, 0.15) is 29.7 Å². The minimum Gasteiger partial charge on any atom is -0.363 e. The highest BCUT2D eigenvalue weighted by molar-refractivity contribution is 7.17. The lowest BCUT2D eigenvalue weighted by Gasteiger charge is -2.16. The van der Waals surface area contributed by atoms with Gasteiger partial charge in [-0.05, 0) is 37.5 Å². The molecule has 0 fully saturated rings. The number of hydrogen-bond acceptors (Lipinski definition) is 4. The molecule has 1 N–H and O–H groups in total. The van der Waals surface area contributed by atoms with Crippen LogP contribution in [-0.4, -0.2) is 9.97 Å². The standard InChI is InChI=1S/C22H21N3S/c1-14-9-10-18(15(2)11-14)19-12-26-22-20(19)21(23-13-24-22)25-16(3)17-7-5-4-6-8-17/h4-13,16H,1-3H3,(H,23,24,25). The molecule has 0 saturated carbocycles. The first kappa shape index (κ1) is 16.7. The highest BCUT2D eigenvalue weighted by atomic mass is 32.1. The van der Waals surface area contributed by atoms with E-state index in [-0.39, 0.29) is 6.04 Å². The molecule has 4 rings (SSSR count). The lowest BCUT2D eigenvalue weighted by Crippen LogP contribution is -2.08. The van der Waals surface area contributed by atoms with Gasteiger partial charge in [0.15, 0.2) is 0 Å². The van der Waals surface area contributed by atoms with Gasteiger partial charge < -0.3 is 5.32 Å². The maximum absolute atomic E-state index is 4.56. The zero-order chi connectivity index (χ0) is 18.1. The fourth-order valence-corrected chi connectivity index (χ4v) is 4.24. The van der Waals surface area contributed by atoms with Gasteiger partial charge in [0.25, 0.3) is 0 Å². The smallest absolute Gasteiger partial charge is 0.139 e. The summed E-state index contributed by atoms with van der Waals surface area (Å²) in [4.78, 5) is 10.1. The van der Waals surface area contributed by atoms with Crippen LogP contribution in [0.2, 0.25) is 0 Å². The largest absolute Gasteiger partial charge is 0.363 e. The number of thiophene rings is 1. The van der Waals surface area contributed by atoms with Crippen LogP contribution in [-0.2, 0) is 0 Å². The number of benzene rings is 2. The maximum Gasteiger partial charge on any atom is 0.139 e. The fourth-order valence-electron chi connectivity index (χ4n) is 3.33. The van der Waals surface area contributed by atoms with Crippen molar-refractivity contribution >= 4 is 27.4 Å². The van der Waals surface area contributed by atoms with E-state index in [9.17, 15) is 0 Å². The Kier molecular flexibility index (Phi) is 4.43. The Labute approximate surface area is 157 Å². The molecule has 0 aliphatic rings. The summed E-state index contributed by atoms with van der Waals surface area (Å²) in [7, 11) is 0. The quantitative estimate of drug-likeness (QED) is 0.475. The van der Waals surface area contributed by atoms with Crippen LogP contribution in [0.25, 0.3) is 21.3 Å². The van der Waals surface area contributed by atoms with Crippen molar-refractivity contribution < 1.29 is 0 Å². The van der Waals surface area contributed by atoms with Crippen LogP contribution in [0.4, 0.5) is 5.82 Å². The number of nitrogens with one attached hydrogen (secondary N) is 1. The monoisotopic (exact) mass is 359 g/mol. The molecule has 0 saturated heterocycles. The number of rotatable bonds is 4. The molecule has 130 valence electrons. The van der Waals surface area contributed by atoms with Crippen LogP contribution >= 0.6 is 11.3 Å². The third-order valence-corrected chi connectivity index (χ3v) is 5.58. The number of aromatic nitrogens is 2. The summed E-state index contributed by atoms with van der Waals surface area (Å²) in [6, 6.07) is 17.2. The van der Waals surface area contributed by atoms with E-state index in [1.165, 1.54) is 27.8 Å². The zero-order valence-electron chi connectivity index (χ0n) is 15.2. The van der Waals surface area contributed by atoms with E-state index in [0.717, 1.165) is 16.0 Å². The Hall–Kier alpha value is -2.72. The normalized spacial score (nSPS) is 12.3. The van der Waals surface area contributed by atoms with E-state index in [0.29, 0.717) is 0 Å². The predicted molar refractivity (Wildman–Crippen MR) is 111 cm³/mol. The van der Waals surface area contributed by atoms with Gasteiger partial charge in [0.2, 0.25) is 0 Å². The second-order valence-corrected chi connectivity index (χ2v) is 7.50. The number of hydrogen-bond donors (Lipinski definition) is 1. The summed E-state index contributed by atoms with van der Waals surface area (Å²) in [5.74, 6) is 0.891.